The Bertz CT molecular complexity index is 1130. The van der Waals surface area contributed by atoms with Crippen LogP contribution in [-0.2, 0) is 37.6 Å². The second kappa shape index (κ2) is 15.2. The van der Waals surface area contributed by atoms with Crippen molar-refractivity contribution in [3.05, 3.63) is 29.3 Å². The van der Waals surface area contributed by atoms with Gasteiger partial charge in [0.25, 0.3) is 0 Å². The molecule has 0 aliphatic rings. The van der Waals surface area contributed by atoms with Crippen LogP contribution in [0.25, 0.3) is 0 Å². The first-order valence-electron chi connectivity index (χ1n) is 15.6. The van der Waals surface area contributed by atoms with E-state index in [9.17, 15) is 9.36 Å². The average molecular weight is 676 g/mol. The van der Waals surface area contributed by atoms with Crippen molar-refractivity contribution in [3.63, 3.8) is 0 Å². The monoisotopic (exact) mass is 675 g/mol. The van der Waals surface area contributed by atoms with Crippen LogP contribution in [0.3, 0.4) is 0 Å². The molecule has 0 aromatic heterocycles. The lowest BCUT2D eigenvalue weighted by molar-refractivity contribution is -0.0283. The van der Waals surface area contributed by atoms with Crippen molar-refractivity contribution in [2.45, 2.75) is 157 Å². The Morgan fingerprint density at radius 2 is 1.36 bits per heavy atom. The average Bonchev–Trinajstić information content (AvgIpc) is 2.76. The molecule has 262 valence electrons. The van der Waals surface area contributed by atoms with Crippen LogP contribution < -0.4 is 10.1 Å². The summed E-state index contributed by atoms with van der Waals surface area (Å²) >= 11 is 0. The van der Waals surface area contributed by atoms with Crippen molar-refractivity contribution in [1.29, 1.82) is 0 Å². The number of carbonyl (C=O) groups is 1. The number of benzene rings is 1. The Hall–Kier alpha value is -1.46. The van der Waals surface area contributed by atoms with E-state index in [4.69, 9.17) is 32.2 Å². The fourth-order valence-corrected chi connectivity index (χ4v) is 6.35. The summed E-state index contributed by atoms with van der Waals surface area (Å²) in [7, 11) is -4.98. The summed E-state index contributed by atoms with van der Waals surface area (Å²) in [6, 6.07) is 5.52. The minimum absolute atomic E-state index is 0.0409. The number of phosphoric ester groups is 1. The van der Waals surface area contributed by atoms with Crippen molar-refractivity contribution in [1.82, 2.24) is 5.32 Å². The molecule has 1 aromatic carbocycles. The van der Waals surface area contributed by atoms with E-state index in [1.165, 1.54) is 0 Å². The maximum atomic E-state index is 13.6. The van der Waals surface area contributed by atoms with Gasteiger partial charge in [-0.05, 0) is 120 Å². The van der Waals surface area contributed by atoms with Gasteiger partial charge in [0.2, 0.25) is 0 Å². The Morgan fingerprint density at radius 1 is 0.822 bits per heavy atom. The molecule has 12 heteroatoms. The number of nitrogens with one attached hydrogen (secondary N) is 1. The van der Waals surface area contributed by atoms with Crippen LogP contribution >= 0.6 is 7.82 Å². The predicted molar refractivity (Wildman–Crippen MR) is 182 cm³/mol. The molecule has 0 saturated heterocycles. The van der Waals surface area contributed by atoms with Crippen LogP contribution in [0.2, 0.25) is 5.04 Å². The van der Waals surface area contributed by atoms with Crippen LogP contribution in [0, 0.1) is 0 Å². The Balaban J connectivity index is 3.54. The van der Waals surface area contributed by atoms with Crippen molar-refractivity contribution < 1.29 is 41.6 Å². The Labute approximate surface area is 275 Å². The highest BCUT2D eigenvalue weighted by atomic mass is 31.2. The molecule has 0 bridgehead atoms. The molecule has 1 rings (SSSR count). The maximum absolute atomic E-state index is 13.6. The van der Waals surface area contributed by atoms with Gasteiger partial charge >= 0.3 is 14.0 Å². The Morgan fingerprint density at radius 3 is 1.80 bits per heavy atom. The van der Waals surface area contributed by atoms with E-state index in [0.717, 1.165) is 11.1 Å². The van der Waals surface area contributed by atoms with Gasteiger partial charge in [0, 0.05) is 17.6 Å². The van der Waals surface area contributed by atoms with Crippen LogP contribution in [0.15, 0.2) is 18.2 Å². The Kier molecular flexibility index (Phi) is 14.0. The van der Waals surface area contributed by atoms with Gasteiger partial charge in [0.15, 0.2) is 16.6 Å². The summed E-state index contributed by atoms with van der Waals surface area (Å²) in [6.07, 6.45) is -1.43. The molecule has 1 N–H and O–H groups in total. The van der Waals surface area contributed by atoms with Crippen molar-refractivity contribution in [3.8, 4) is 5.75 Å². The number of phosphoric acid groups is 1. The van der Waals surface area contributed by atoms with E-state index in [0.29, 0.717) is 12.3 Å². The number of carbonyl (C=O) groups excluding carboxylic acids is 1. The summed E-state index contributed by atoms with van der Waals surface area (Å²) < 4.78 is 54.7. The molecule has 0 heterocycles. The zero-order chi connectivity index (χ0) is 35.3. The van der Waals surface area contributed by atoms with Gasteiger partial charge in [-0.15, -0.1) is 0 Å². The highest BCUT2D eigenvalue weighted by molar-refractivity contribution is 7.48. The lowest BCUT2D eigenvalue weighted by Gasteiger charge is -2.33. The van der Waals surface area contributed by atoms with E-state index < -0.39 is 59.0 Å². The van der Waals surface area contributed by atoms with E-state index >= 15 is 0 Å². The topological polar surface area (TPSA) is 111 Å². The molecule has 1 unspecified atom stereocenters. The smallest absolute Gasteiger partial charge is 0.467 e. The highest BCUT2D eigenvalue weighted by Gasteiger charge is 2.38. The number of hydrogen-bond acceptors (Lipinski definition) is 10. The summed E-state index contributed by atoms with van der Waals surface area (Å²) in [5.41, 5.74) is -1.83. The molecule has 1 atom stereocenters. The summed E-state index contributed by atoms with van der Waals surface area (Å²) in [6.45, 7) is 32.5. The van der Waals surface area contributed by atoms with E-state index in [1.807, 2.05) is 46.8 Å². The normalized spacial score (nSPS) is 15.0. The van der Waals surface area contributed by atoms with Gasteiger partial charge in [-0.3, -0.25) is 9.05 Å². The lowest BCUT2D eigenvalue weighted by Crippen LogP contribution is -2.40. The minimum atomic E-state index is -4.00. The second-order valence-electron chi connectivity index (χ2n) is 17.1. The minimum Gasteiger partial charge on any atom is -0.467 e. The molecule has 0 saturated carbocycles. The summed E-state index contributed by atoms with van der Waals surface area (Å²) in [5, 5.41) is 3.47. The van der Waals surface area contributed by atoms with E-state index in [-0.39, 0.29) is 10.6 Å². The van der Waals surface area contributed by atoms with Crippen molar-refractivity contribution >= 4 is 23.7 Å². The SMILES string of the molecule is CC(C)(C)NCC(OC(=O)OC(C)(C)C)c1ccc(OCOP(=O)(OC(C)(C)C)OC(C)(C)C)c(C(C)(C)O[SiH2]C(C)(C)C)c1. The third kappa shape index (κ3) is 17.9. The largest absolute Gasteiger partial charge is 0.509 e. The molecule has 0 aliphatic heterocycles. The molecular weight excluding hydrogens is 613 g/mol. The highest BCUT2D eigenvalue weighted by Crippen LogP contribution is 2.55. The molecule has 0 aliphatic carbocycles. The van der Waals surface area contributed by atoms with Crippen molar-refractivity contribution in [2.75, 3.05) is 13.3 Å². The zero-order valence-electron chi connectivity index (χ0n) is 31.1. The first kappa shape index (κ1) is 41.6. The number of hydrogen-bond donors (Lipinski definition) is 1. The number of rotatable bonds is 13. The molecule has 1 aromatic rings. The fraction of sp³-hybridized carbons (Fsp3) is 0.788. The fourth-order valence-electron chi connectivity index (χ4n) is 3.73. The van der Waals surface area contributed by atoms with Gasteiger partial charge in [0.05, 0.1) is 16.8 Å². The number of ether oxygens (including phenoxy) is 3. The quantitative estimate of drug-likeness (QED) is 0.0943. The first-order chi connectivity index (χ1) is 19.9. The van der Waals surface area contributed by atoms with E-state index in [1.54, 1.807) is 68.4 Å². The third-order valence-corrected chi connectivity index (χ3v) is 9.23. The predicted octanol–water partition coefficient (Wildman–Crippen LogP) is 8.71. The van der Waals surface area contributed by atoms with Gasteiger partial charge in [-0.2, -0.15) is 0 Å². The molecular formula is C33H62NO9PSi. The molecule has 45 heavy (non-hydrogen) atoms. The summed E-state index contributed by atoms with van der Waals surface area (Å²) in [4.78, 5) is 12.8. The van der Waals surface area contributed by atoms with Crippen LogP contribution in [0.1, 0.15) is 135 Å². The molecule has 0 spiro atoms. The van der Waals surface area contributed by atoms with Crippen LogP contribution in [0.4, 0.5) is 4.79 Å². The van der Waals surface area contributed by atoms with Gasteiger partial charge in [0.1, 0.15) is 17.5 Å². The first-order valence-corrected chi connectivity index (χ1v) is 18.4. The molecule has 0 amide bonds. The van der Waals surface area contributed by atoms with Crippen LogP contribution in [0.5, 0.6) is 5.75 Å². The standard InChI is InChI=1S/C33H62NO9PSi/c1-28(2,3)34-21-26(39-27(35)40-29(4,5)6)23-18-19-25(24(20-23)33(16,17)43-45-32(13,14)15)37-22-38-44(36,41-30(7,8)9)42-31(10,11)12/h18-20,26,34H,21-22,45H2,1-17H3. The summed E-state index contributed by atoms with van der Waals surface area (Å²) in [5.74, 6) is 0.463. The zero-order valence-corrected chi connectivity index (χ0v) is 33.4. The lowest BCUT2D eigenvalue weighted by atomic mass is 9.93. The van der Waals surface area contributed by atoms with Gasteiger partial charge < -0.3 is 24.0 Å². The van der Waals surface area contributed by atoms with Crippen molar-refractivity contribution in [2.24, 2.45) is 0 Å². The maximum Gasteiger partial charge on any atom is 0.509 e. The van der Waals surface area contributed by atoms with Gasteiger partial charge in [-0.1, -0.05) is 26.8 Å². The van der Waals surface area contributed by atoms with Crippen LogP contribution in [-0.4, -0.2) is 51.6 Å². The molecule has 10 nitrogen and oxygen atoms in total. The van der Waals surface area contributed by atoms with E-state index in [2.05, 4.69) is 26.1 Å². The molecule has 0 radical (unpaired) electrons. The van der Waals surface area contributed by atoms with Gasteiger partial charge in [-0.25, -0.2) is 13.9 Å². The second-order valence-corrected chi connectivity index (χ2v) is 21.3. The third-order valence-electron chi connectivity index (χ3n) is 5.53. The molecule has 0 fully saturated rings.